The van der Waals surface area contributed by atoms with Gasteiger partial charge in [-0.25, -0.2) is 18.4 Å². The van der Waals surface area contributed by atoms with Crippen LogP contribution < -0.4 is 4.90 Å². The van der Waals surface area contributed by atoms with E-state index in [2.05, 4.69) is 9.97 Å². The highest BCUT2D eigenvalue weighted by Crippen LogP contribution is 2.37. The summed E-state index contributed by atoms with van der Waals surface area (Å²) in [5.74, 6) is 0.352. The Labute approximate surface area is 183 Å². The Morgan fingerprint density at radius 1 is 1.07 bits per heavy atom. The summed E-state index contributed by atoms with van der Waals surface area (Å²) in [7, 11) is -4.23. The summed E-state index contributed by atoms with van der Waals surface area (Å²) in [5, 5.41) is 8.50. The lowest BCUT2D eigenvalue weighted by Gasteiger charge is -2.30. The third-order valence-corrected chi connectivity index (χ3v) is 7.34. The molecule has 1 unspecified atom stereocenters. The van der Waals surface area contributed by atoms with Gasteiger partial charge in [0.25, 0.3) is 0 Å². The molecule has 10 heteroatoms. The van der Waals surface area contributed by atoms with Crippen LogP contribution in [0, 0.1) is 11.3 Å². The van der Waals surface area contributed by atoms with E-state index in [1.807, 2.05) is 17.0 Å². The van der Waals surface area contributed by atoms with Crippen LogP contribution in [0.1, 0.15) is 10.9 Å². The van der Waals surface area contributed by atoms with Crippen LogP contribution in [0.5, 0.6) is 0 Å². The standard InChI is InChI=1S/C20H16Cl2N4O3S/c21-13-5-6-14(22)17(11-13)30(27,28)18(12-23)19-20(26-7-9-29-10-8-26)25-16-4-2-1-3-15(16)24-19/h1-6,11,18H,7-10H2. The number of ether oxygens (including phenoxy) is 1. The molecular formula is C20H16Cl2N4O3S. The molecule has 154 valence electrons. The lowest BCUT2D eigenvalue weighted by atomic mass is 10.2. The number of aromatic nitrogens is 2. The van der Waals surface area contributed by atoms with Crippen molar-refractivity contribution in [2.24, 2.45) is 0 Å². The van der Waals surface area contributed by atoms with Crippen molar-refractivity contribution in [3.63, 3.8) is 0 Å². The second-order valence-corrected chi connectivity index (χ2v) is 9.49. The molecule has 0 N–H and O–H groups in total. The van der Waals surface area contributed by atoms with Crippen LogP contribution in [0.3, 0.4) is 0 Å². The fourth-order valence-electron chi connectivity index (χ4n) is 3.29. The summed E-state index contributed by atoms with van der Waals surface area (Å²) in [5.41, 5.74) is 1.17. The van der Waals surface area contributed by atoms with Gasteiger partial charge in [0, 0.05) is 18.1 Å². The number of sulfone groups is 1. The highest BCUT2D eigenvalue weighted by molar-refractivity contribution is 7.92. The Hall–Kier alpha value is -2.44. The van der Waals surface area contributed by atoms with Crippen LogP contribution in [-0.2, 0) is 14.6 Å². The lowest BCUT2D eigenvalue weighted by molar-refractivity contribution is 0.122. The van der Waals surface area contributed by atoms with Gasteiger partial charge in [-0.1, -0.05) is 35.3 Å². The van der Waals surface area contributed by atoms with Gasteiger partial charge >= 0.3 is 0 Å². The summed E-state index contributed by atoms with van der Waals surface area (Å²) in [6.45, 7) is 1.96. The molecule has 0 spiro atoms. The average Bonchev–Trinajstić information content (AvgIpc) is 2.76. The van der Waals surface area contributed by atoms with Gasteiger partial charge in [0.05, 0.1) is 40.2 Å². The Morgan fingerprint density at radius 2 is 1.73 bits per heavy atom. The van der Waals surface area contributed by atoms with Crippen molar-refractivity contribution in [1.82, 2.24) is 9.97 Å². The predicted octanol–water partition coefficient (Wildman–Crippen LogP) is 3.81. The molecule has 0 radical (unpaired) electrons. The molecule has 0 bridgehead atoms. The van der Waals surface area contributed by atoms with Crippen molar-refractivity contribution in [2.75, 3.05) is 31.2 Å². The van der Waals surface area contributed by atoms with Gasteiger partial charge in [-0.15, -0.1) is 0 Å². The first-order valence-electron chi connectivity index (χ1n) is 9.10. The molecule has 2 aromatic carbocycles. The van der Waals surface area contributed by atoms with E-state index in [0.717, 1.165) is 0 Å². The Bertz CT molecular complexity index is 1250. The van der Waals surface area contributed by atoms with Crippen molar-refractivity contribution >= 4 is 49.9 Å². The molecule has 2 heterocycles. The lowest BCUT2D eigenvalue weighted by Crippen LogP contribution is -2.38. The van der Waals surface area contributed by atoms with E-state index in [9.17, 15) is 13.7 Å². The van der Waals surface area contributed by atoms with Crippen LogP contribution in [0.4, 0.5) is 5.82 Å². The zero-order chi connectivity index (χ0) is 21.3. The molecule has 1 atom stereocenters. The third-order valence-electron chi connectivity index (χ3n) is 4.76. The molecule has 1 saturated heterocycles. The number of nitrogens with zero attached hydrogens (tertiary/aromatic N) is 4. The van der Waals surface area contributed by atoms with E-state index in [1.54, 1.807) is 18.2 Å². The largest absolute Gasteiger partial charge is 0.378 e. The van der Waals surface area contributed by atoms with Crippen molar-refractivity contribution in [2.45, 2.75) is 10.1 Å². The molecule has 0 saturated carbocycles. The SMILES string of the molecule is N#CC(c1nc2ccccc2nc1N1CCOCC1)S(=O)(=O)c1cc(Cl)ccc1Cl. The summed E-state index contributed by atoms with van der Waals surface area (Å²) in [6.07, 6.45) is 0. The maximum atomic E-state index is 13.4. The minimum atomic E-state index is -4.23. The molecule has 0 amide bonds. The van der Waals surface area contributed by atoms with Gasteiger partial charge in [0.15, 0.2) is 11.1 Å². The number of anilines is 1. The first kappa shape index (κ1) is 20.8. The van der Waals surface area contributed by atoms with Gasteiger partial charge in [-0.3, -0.25) is 0 Å². The van der Waals surface area contributed by atoms with Gasteiger partial charge in [-0.05, 0) is 30.3 Å². The van der Waals surface area contributed by atoms with E-state index < -0.39 is 15.1 Å². The minimum Gasteiger partial charge on any atom is -0.378 e. The third kappa shape index (κ3) is 3.82. The number of halogens is 2. The quantitative estimate of drug-likeness (QED) is 0.581. The minimum absolute atomic E-state index is 0.0127. The highest BCUT2D eigenvalue weighted by Gasteiger charge is 2.36. The van der Waals surface area contributed by atoms with Crippen molar-refractivity contribution in [1.29, 1.82) is 5.26 Å². The molecule has 7 nitrogen and oxygen atoms in total. The van der Waals surface area contributed by atoms with E-state index in [0.29, 0.717) is 43.2 Å². The summed E-state index contributed by atoms with van der Waals surface area (Å²) < 4.78 is 32.3. The fourth-order valence-corrected chi connectivity index (χ4v) is 5.44. The zero-order valence-corrected chi connectivity index (χ0v) is 18.0. The van der Waals surface area contributed by atoms with Gasteiger partial charge < -0.3 is 9.64 Å². The highest BCUT2D eigenvalue weighted by atomic mass is 35.5. The molecule has 1 fully saturated rings. The summed E-state index contributed by atoms with van der Waals surface area (Å²) in [6, 6.07) is 13.1. The molecule has 0 aliphatic carbocycles. The van der Waals surface area contributed by atoms with Crippen molar-refractivity contribution < 1.29 is 13.2 Å². The van der Waals surface area contributed by atoms with Gasteiger partial charge in [0.2, 0.25) is 9.84 Å². The topological polar surface area (TPSA) is 96.2 Å². The second-order valence-electron chi connectivity index (χ2n) is 6.65. The second kappa shape index (κ2) is 8.36. The first-order chi connectivity index (χ1) is 14.4. The molecule has 30 heavy (non-hydrogen) atoms. The maximum Gasteiger partial charge on any atom is 0.202 e. The van der Waals surface area contributed by atoms with Crippen LogP contribution in [0.25, 0.3) is 11.0 Å². The average molecular weight is 463 g/mol. The van der Waals surface area contributed by atoms with Crippen molar-refractivity contribution in [3.05, 3.63) is 58.2 Å². The molecular weight excluding hydrogens is 447 g/mol. The number of fused-ring (bicyclic) bond motifs is 1. The first-order valence-corrected chi connectivity index (χ1v) is 11.4. The van der Waals surface area contributed by atoms with E-state index in [-0.39, 0.29) is 20.6 Å². The van der Waals surface area contributed by atoms with E-state index >= 15 is 0 Å². The Morgan fingerprint density at radius 3 is 2.40 bits per heavy atom. The molecule has 3 aromatic rings. The van der Waals surface area contributed by atoms with E-state index in [1.165, 1.54) is 18.2 Å². The molecule has 1 aliphatic heterocycles. The van der Waals surface area contributed by atoms with Gasteiger partial charge in [0.1, 0.15) is 5.69 Å². The number of hydrogen-bond acceptors (Lipinski definition) is 7. The predicted molar refractivity (Wildman–Crippen MR) is 115 cm³/mol. The van der Waals surface area contributed by atoms with E-state index in [4.69, 9.17) is 27.9 Å². The fraction of sp³-hybridized carbons (Fsp3) is 0.250. The van der Waals surface area contributed by atoms with Crippen LogP contribution in [-0.4, -0.2) is 44.7 Å². The van der Waals surface area contributed by atoms with Crippen LogP contribution >= 0.6 is 23.2 Å². The normalized spacial score (nSPS) is 15.7. The smallest absolute Gasteiger partial charge is 0.202 e. The molecule has 1 aromatic heterocycles. The number of para-hydroxylation sites is 2. The van der Waals surface area contributed by atoms with Crippen LogP contribution in [0.15, 0.2) is 47.4 Å². The molecule has 1 aliphatic rings. The number of hydrogen-bond donors (Lipinski definition) is 0. The Balaban J connectivity index is 1.93. The summed E-state index contributed by atoms with van der Waals surface area (Å²) >= 11 is 12.1. The van der Waals surface area contributed by atoms with Gasteiger partial charge in [-0.2, -0.15) is 5.26 Å². The number of nitriles is 1. The maximum absolute atomic E-state index is 13.4. The monoisotopic (exact) mass is 462 g/mol. The summed E-state index contributed by atoms with van der Waals surface area (Å²) in [4.78, 5) is 10.9. The van der Waals surface area contributed by atoms with Crippen LogP contribution in [0.2, 0.25) is 10.0 Å². The number of morpholine rings is 1. The Kier molecular flexibility index (Phi) is 5.80. The zero-order valence-electron chi connectivity index (χ0n) is 15.6. The van der Waals surface area contributed by atoms with Crippen molar-refractivity contribution in [3.8, 4) is 6.07 Å². The number of benzene rings is 2. The molecule has 4 rings (SSSR count). The number of rotatable bonds is 4.